The summed E-state index contributed by atoms with van der Waals surface area (Å²) in [4.78, 5) is 12.1. The molecule has 0 aliphatic heterocycles. The van der Waals surface area contributed by atoms with Gasteiger partial charge in [-0.25, -0.2) is 0 Å². The zero-order chi connectivity index (χ0) is 19.5. The number of aliphatic hydroxyl groups excluding tert-OH is 1. The Labute approximate surface area is 168 Å². The van der Waals surface area contributed by atoms with Crippen molar-refractivity contribution in [2.24, 2.45) is 29.1 Å². The normalized spacial score (nSPS) is 42.2. The highest BCUT2D eigenvalue weighted by Crippen LogP contribution is 2.65. The maximum atomic E-state index is 12.1. The maximum Gasteiger partial charge on any atom is 0.155 e. The fourth-order valence-electron chi connectivity index (χ4n) is 7.52. The summed E-state index contributed by atoms with van der Waals surface area (Å²) in [5, 5.41) is 14.2. The zero-order valence-corrected chi connectivity index (χ0v) is 17.2. The molecule has 28 heavy (non-hydrogen) atoms. The Morgan fingerprint density at radius 2 is 1.82 bits per heavy atom. The molecule has 0 radical (unpaired) electrons. The van der Waals surface area contributed by atoms with Crippen molar-refractivity contribution in [3.8, 4) is 0 Å². The molecule has 0 spiro atoms. The van der Waals surface area contributed by atoms with Crippen molar-refractivity contribution >= 4 is 11.5 Å². The van der Waals surface area contributed by atoms with E-state index < -0.39 is 0 Å². The number of carbonyl (C=O) groups excluding carboxylic acids is 1. The Hall–Kier alpha value is -1.61. The van der Waals surface area contributed by atoms with Crippen molar-refractivity contribution in [1.82, 2.24) is 0 Å². The summed E-state index contributed by atoms with van der Waals surface area (Å²) in [5.74, 6) is 3.31. The van der Waals surface area contributed by atoms with Gasteiger partial charge in [0.1, 0.15) is 0 Å². The molecule has 7 unspecified atom stereocenters. The van der Waals surface area contributed by atoms with Crippen LogP contribution < -0.4 is 5.32 Å². The molecular formula is C25H33NO2. The standard InChI is InChI=1S/C25H33NO2/c1-25-14-21(15-3-6-17(26-2)7-4-15)24-19-10-8-18(27)13-16(19)5-9-20(24)22(25)11-12-23(25)28/h3-4,6-7,13,19-24,26,28H,5,8-12,14H2,1-2H3. The molecule has 1 aromatic carbocycles. The van der Waals surface area contributed by atoms with Crippen LogP contribution in [0.3, 0.4) is 0 Å². The molecule has 0 aromatic heterocycles. The van der Waals surface area contributed by atoms with Crippen molar-refractivity contribution in [2.75, 3.05) is 12.4 Å². The van der Waals surface area contributed by atoms with E-state index in [1.54, 1.807) is 0 Å². The lowest BCUT2D eigenvalue weighted by Crippen LogP contribution is -2.50. The van der Waals surface area contributed by atoms with Gasteiger partial charge in [-0.15, -0.1) is 0 Å². The van der Waals surface area contributed by atoms with Gasteiger partial charge in [-0.1, -0.05) is 24.6 Å². The smallest absolute Gasteiger partial charge is 0.155 e. The summed E-state index contributed by atoms with van der Waals surface area (Å²) in [7, 11) is 1.96. The number of nitrogens with one attached hydrogen (secondary N) is 1. The highest BCUT2D eigenvalue weighted by molar-refractivity contribution is 5.91. The summed E-state index contributed by atoms with van der Waals surface area (Å²) in [5.41, 5.74) is 4.04. The predicted molar refractivity (Wildman–Crippen MR) is 112 cm³/mol. The molecule has 3 fully saturated rings. The molecule has 0 heterocycles. The molecule has 7 atom stereocenters. The Kier molecular flexibility index (Phi) is 4.42. The topological polar surface area (TPSA) is 49.3 Å². The SMILES string of the molecule is CNc1ccc(C2CC3(C)C(O)CCC3C3CCC4=CC(=O)CCC4C23)cc1. The van der Waals surface area contributed by atoms with Gasteiger partial charge >= 0.3 is 0 Å². The second-order valence-electron chi connectivity index (χ2n) is 10.00. The highest BCUT2D eigenvalue weighted by Gasteiger charge is 2.59. The molecule has 0 saturated heterocycles. The van der Waals surface area contributed by atoms with Crippen molar-refractivity contribution < 1.29 is 9.90 Å². The number of hydrogen-bond acceptors (Lipinski definition) is 3. The highest BCUT2D eigenvalue weighted by atomic mass is 16.3. The largest absolute Gasteiger partial charge is 0.393 e. The van der Waals surface area contributed by atoms with Gasteiger partial charge in [0.25, 0.3) is 0 Å². The first kappa shape index (κ1) is 18.4. The maximum absolute atomic E-state index is 12.1. The molecule has 3 saturated carbocycles. The minimum Gasteiger partial charge on any atom is -0.393 e. The van der Waals surface area contributed by atoms with Gasteiger partial charge in [0.15, 0.2) is 5.78 Å². The van der Waals surface area contributed by atoms with Crippen molar-refractivity contribution in [2.45, 2.75) is 63.9 Å². The van der Waals surface area contributed by atoms with Crippen LogP contribution in [0, 0.1) is 29.1 Å². The zero-order valence-electron chi connectivity index (χ0n) is 17.2. The van der Waals surface area contributed by atoms with Crippen LogP contribution in [-0.4, -0.2) is 24.0 Å². The van der Waals surface area contributed by atoms with E-state index in [0.29, 0.717) is 41.8 Å². The van der Waals surface area contributed by atoms with Crippen molar-refractivity contribution in [3.63, 3.8) is 0 Å². The molecular weight excluding hydrogens is 346 g/mol. The number of anilines is 1. The number of carbonyl (C=O) groups is 1. The summed E-state index contributed by atoms with van der Waals surface area (Å²) >= 11 is 0. The average molecular weight is 380 g/mol. The molecule has 2 N–H and O–H groups in total. The van der Waals surface area contributed by atoms with E-state index in [4.69, 9.17) is 0 Å². The Balaban J connectivity index is 1.58. The second kappa shape index (κ2) is 6.73. The molecule has 150 valence electrons. The van der Waals surface area contributed by atoms with E-state index in [2.05, 4.69) is 36.5 Å². The van der Waals surface area contributed by atoms with Crippen LogP contribution in [0.1, 0.15) is 63.4 Å². The minimum absolute atomic E-state index is 0.0409. The van der Waals surface area contributed by atoms with E-state index in [-0.39, 0.29) is 11.5 Å². The van der Waals surface area contributed by atoms with Gasteiger partial charge in [0, 0.05) is 19.2 Å². The van der Waals surface area contributed by atoms with Crippen LogP contribution in [0.15, 0.2) is 35.9 Å². The molecule has 0 amide bonds. The van der Waals surface area contributed by atoms with Gasteiger partial charge in [0.05, 0.1) is 6.10 Å². The fourth-order valence-corrected chi connectivity index (χ4v) is 7.52. The van der Waals surface area contributed by atoms with Crippen LogP contribution >= 0.6 is 0 Å². The molecule has 3 nitrogen and oxygen atoms in total. The van der Waals surface area contributed by atoms with E-state index in [1.165, 1.54) is 24.0 Å². The summed E-state index contributed by atoms with van der Waals surface area (Å²) < 4.78 is 0. The molecule has 4 aliphatic rings. The number of hydrogen-bond donors (Lipinski definition) is 2. The molecule has 4 aliphatic carbocycles. The lowest BCUT2D eigenvalue weighted by molar-refractivity contribution is -0.116. The molecule has 3 heteroatoms. The van der Waals surface area contributed by atoms with Crippen LogP contribution in [-0.2, 0) is 4.79 Å². The lowest BCUT2D eigenvalue weighted by atomic mass is 9.48. The monoisotopic (exact) mass is 379 g/mol. The first-order chi connectivity index (χ1) is 13.5. The first-order valence-corrected chi connectivity index (χ1v) is 11.2. The minimum atomic E-state index is -0.164. The number of rotatable bonds is 2. The average Bonchev–Trinajstić information content (AvgIpc) is 3.01. The molecule has 0 bridgehead atoms. The van der Waals surface area contributed by atoms with E-state index >= 15 is 0 Å². The van der Waals surface area contributed by atoms with Crippen molar-refractivity contribution in [3.05, 3.63) is 41.5 Å². The van der Waals surface area contributed by atoms with Crippen molar-refractivity contribution in [1.29, 1.82) is 0 Å². The predicted octanol–water partition coefficient (Wildman–Crippen LogP) is 4.92. The second-order valence-corrected chi connectivity index (χ2v) is 10.00. The molecule has 5 rings (SSSR count). The number of benzene rings is 1. The lowest BCUT2D eigenvalue weighted by Gasteiger charge is -2.57. The van der Waals surface area contributed by atoms with E-state index in [1.807, 2.05) is 13.1 Å². The van der Waals surface area contributed by atoms with Gasteiger partial charge < -0.3 is 10.4 Å². The number of aliphatic hydroxyl groups is 1. The van der Waals surface area contributed by atoms with E-state index in [0.717, 1.165) is 31.4 Å². The van der Waals surface area contributed by atoms with Crippen LogP contribution in [0.25, 0.3) is 0 Å². The third-order valence-corrected chi connectivity index (χ3v) is 8.88. The van der Waals surface area contributed by atoms with Crippen LogP contribution in [0.2, 0.25) is 0 Å². The Morgan fingerprint density at radius 3 is 2.57 bits per heavy atom. The van der Waals surface area contributed by atoms with Gasteiger partial charge in [-0.05, 0) is 97.3 Å². The number of fused-ring (bicyclic) bond motifs is 5. The third kappa shape index (κ3) is 2.69. The van der Waals surface area contributed by atoms with Gasteiger partial charge in [0.2, 0.25) is 0 Å². The summed E-state index contributed by atoms with van der Waals surface area (Å²) in [6, 6.07) is 8.97. The quantitative estimate of drug-likeness (QED) is 0.766. The number of ketones is 1. The van der Waals surface area contributed by atoms with Gasteiger partial charge in [-0.3, -0.25) is 4.79 Å². The fraction of sp³-hybridized carbons (Fsp3) is 0.640. The third-order valence-electron chi connectivity index (χ3n) is 8.88. The summed E-state index contributed by atoms with van der Waals surface area (Å²) in [6.45, 7) is 2.36. The van der Waals surface area contributed by atoms with Gasteiger partial charge in [-0.2, -0.15) is 0 Å². The Bertz CT molecular complexity index is 797. The summed E-state index contributed by atoms with van der Waals surface area (Å²) in [6.07, 6.45) is 9.07. The van der Waals surface area contributed by atoms with Crippen LogP contribution in [0.5, 0.6) is 0 Å². The first-order valence-electron chi connectivity index (χ1n) is 11.2. The van der Waals surface area contributed by atoms with Crippen LogP contribution in [0.4, 0.5) is 5.69 Å². The Morgan fingerprint density at radius 1 is 1.04 bits per heavy atom. The molecule has 1 aromatic rings. The van der Waals surface area contributed by atoms with E-state index in [9.17, 15) is 9.90 Å². The number of allylic oxidation sites excluding steroid dienone is 1.